The molecule has 3 aromatic heterocycles. The molecule has 1 aliphatic rings. The number of nitrogens with zero attached hydrogens (tertiary/aromatic N) is 5. The van der Waals surface area contributed by atoms with Crippen LogP contribution in [0.15, 0.2) is 42.7 Å². The fourth-order valence-corrected chi connectivity index (χ4v) is 4.36. The third kappa shape index (κ3) is 5.38. The Bertz CT molecular complexity index is 1110. The first-order valence-corrected chi connectivity index (χ1v) is 11.2. The van der Waals surface area contributed by atoms with Gasteiger partial charge in [0.15, 0.2) is 5.13 Å². The van der Waals surface area contributed by atoms with Crippen LogP contribution in [0.25, 0.3) is 10.6 Å². The Morgan fingerprint density at radius 1 is 1.09 bits per heavy atom. The number of carboxylic acids is 1. The zero-order valence-corrected chi connectivity index (χ0v) is 18.5. The van der Waals surface area contributed by atoms with Gasteiger partial charge in [-0.15, -0.1) is 0 Å². The molecule has 1 fully saturated rings. The van der Waals surface area contributed by atoms with E-state index in [1.54, 1.807) is 22.4 Å². The number of nitrogens with one attached hydrogen (secondary N) is 1. The van der Waals surface area contributed by atoms with Crippen LogP contribution in [-0.4, -0.2) is 63.0 Å². The van der Waals surface area contributed by atoms with Gasteiger partial charge in [0.2, 0.25) is 5.91 Å². The summed E-state index contributed by atoms with van der Waals surface area (Å²) in [7, 11) is 0. The number of carbonyl (C=O) groups is 2. The number of pyridine rings is 2. The molecular formula is C22H24N6O3S. The zero-order valence-electron chi connectivity index (χ0n) is 17.7. The van der Waals surface area contributed by atoms with Crippen LogP contribution in [0.1, 0.15) is 18.4 Å². The highest BCUT2D eigenvalue weighted by Gasteiger charge is 2.23. The van der Waals surface area contributed by atoms with E-state index >= 15 is 0 Å². The zero-order chi connectivity index (χ0) is 22.5. The van der Waals surface area contributed by atoms with Gasteiger partial charge in [0.05, 0.1) is 17.0 Å². The molecule has 10 heteroatoms. The fourth-order valence-electron chi connectivity index (χ4n) is 3.43. The number of thiazole rings is 1. The first-order valence-electron chi connectivity index (χ1n) is 10.4. The lowest BCUT2D eigenvalue weighted by atomic mass is 10.2. The second kappa shape index (κ2) is 9.73. The summed E-state index contributed by atoms with van der Waals surface area (Å²) in [6.45, 7) is 4.48. The molecule has 3 aromatic rings. The monoisotopic (exact) mass is 452 g/mol. The van der Waals surface area contributed by atoms with Gasteiger partial charge in [0, 0.05) is 45.0 Å². The van der Waals surface area contributed by atoms with Crippen molar-refractivity contribution < 1.29 is 14.7 Å². The number of hydrogen-bond donors (Lipinski definition) is 2. The third-order valence-corrected chi connectivity index (χ3v) is 6.20. The van der Waals surface area contributed by atoms with E-state index in [4.69, 9.17) is 10.1 Å². The maximum Gasteiger partial charge on any atom is 0.303 e. The third-order valence-electron chi connectivity index (χ3n) is 5.12. The number of carbonyl (C=O) groups excluding carboxylic acids is 1. The number of aliphatic carboxylic acids is 1. The van der Waals surface area contributed by atoms with Crippen molar-refractivity contribution in [2.24, 2.45) is 0 Å². The quantitative estimate of drug-likeness (QED) is 0.562. The Balaban J connectivity index is 1.38. The SMILES string of the molecule is Cc1ccnc(Nc2cccc(-c3cnc(N4CCN(C(=O)CCC(=O)O)CC4)s3)n2)c1. The van der Waals surface area contributed by atoms with E-state index in [9.17, 15) is 9.59 Å². The van der Waals surface area contributed by atoms with Gasteiger partial charge >= 0.3 is 5.97 Å². The van der Waals surface area contributed by atoms with Crippen molar-refractivity contribution in [2.75, 3.05) is 36.4 Å². The predicted molar refractivity (Wildman–Crippen MR) is 123 cm³/mol. The van der Waals surface area contributed by atoms with Crippen molar-refractivity contribution in [2.45, 2.75) is 19.8 Å². The predicted octanol–water partition coefficient (Wildman–Crippen LogP) is 3.17. The molecule has 2 N–H and O–H groups in total. The molecule has 0 unspecified atom stereocenters. The van der Waals surface area contributed by atoms with Gasteiger partial charge in [0.1, 0.15) is 11.6 Å². The minimum absolute atomic E-state index is 0.0465. The molecule has 0 radical (unpaired) electrons. The van der Waals surface area contributed by atoms with E-state index in [0.29, 0.717) is 32.0 Å². The highest BCUT2D eigenvalue weighted by Crippen LogP contribution is 2.31. The molecular weight excluding hydrogens is 428 g/mol. The number of amides is 1. The van der Waals surface area contributed by atoms with Crippen LogP contribution in [0.4, 0.5) is 16.8 Å². The molecule has 32 heavy (non-hydrogen) atoms. The van der Waals surface area contributed by atoms with Gasteiger partial charge in [-0.2, -0.15) is 0 Å². The molecule has 4 rings (SSSR count). The summed E-state index contributed by atoms with van der Waals surface area (Å²) in [4.78, 5) is 41.2. The first-order chi connectivity index (χ1) is 15.5. The number of rotatable bonds is 7. The Labute approximate surface area is 189 Å². The van der Waals surface area contributed by atoms with Gasteiger partial charge in [-0.1, -0.05) is 17.4 Å². The highest BCUT2D eigenvalue weighted by molar-refractivity contribution is 7.18. The van der Waals surface area contributed by atoms with E-state index in [0.717, 1.165) is 27.1 Å². The normalized spacial score (nSPS) is 13.8. The van der Waals surface area contributed by atoms with E-state index < -0.39 is 5.97 Å². The molecule has 4 heterocycles. The van der Waals surface area contributed by atoms with Crippen molar-refractivity contribution in [1.29, 1.82) is 0 Å². The topological polar surface area (TPSA) is 112 Å². The lowest BCUT2D eigenvalue weighted by Crippen LogP contribution is -2.48. The molecule has 0 bridgehead atoms. The lowest BCUT2D eigenvalue weighted by molar-refractivity contribution is -0.141. The van der Waals surface area contributed by atoms with Crippen molar-refractivity contribution in [3.05, 3.63) is 48.3 Å². The first kappa shape index (κ1) is 21.7. The van der Waals surface area contributed by atoms with E-state index in [1.807, 2.05) is 43.5 Å². The molecule has 1 amide bonds. The van der Waals surface area contributed by atoms with Crippen molar-refractivity contribution in [3.8, 4) is 10.6 Å². The van der Waals surface area contributed by atoms with E-state index in [1.165, 1.54) is 0 Å². The Kier molecular flexibility index (Phi) is 6.60. The fraction of sp³-hybridized carbons (Fsp3) is 0.318. The molecule has 0 aromatic carbocycles. The molecule has 0 saturated carbocycles. The molecule has 1 saturated heterocycles. The average Bonchev–Trinajstić information content (AvgIpc) is 3.28. The number of piperazine rings is 1. The average molecular weight is 453 g/mol. The van der Waals surface area contributed by atoms with Crippen LogP contribution >= 0.6 is 11.3 Å². The van der Waals surface area contributed by atoms with Crippen molar-refractivity contribution in [3.63, 3.8) is 0 Å². The van der Waals surface area contributed by atoms with Crippen molar-refractivity contribution in [1.82, 2.24) is 19.9 Å². The summed E-state index contributed by atoms with van der Waals surface area (Å²) in [6, 6.07) is 9.70. The van der Waals surface area contributed by atoms with E-state index in [2.05, 4.69) is 20.2 Å². The highest BCUT2D eigenvalue weighted by atomic mass is 32.1. The second-order valence-corrected chi connectivity index (χ2v) is 8.53. The maximum atomic E-state index is 12.1. The van der Waals surface area contributed by atoms with Gasteiger partial charge in [-0.05, 0) is 36.8 Å². The number of carboxylic acid groups (broad SMARTS) is 1. The minimum Gasteiger partial charge on any atom is -0.481 e. The smallest absolute Gasteiger partial charge is 0.303 e. The minimum atomic E-state index is -0.949. The summed E-state index contributed by atoms with van der Waals surface area (Å²) in [5.74, 6) is 0.401. The number of anilines is 3. The van der Waals surface area contributed by atoms with Gasteiger partial charge < -0.3 is 20.2 Å². The number of hydrogen-bond acceptors (Lipinski definition) is 8. The second-order valence-electron chi connectivity index (χ2n) is 7.52. The summed E-state index contributed by atoms with van der Waals surface area (Å²) in [5.41, 5.74) is 1.95. The summed E-state index contributed by atoms with van der Waals surface area (Å²) >= 11 is 1.56. The largest absolute Gasteiger partial charge is 0.481 e. The Morgan fingerprint density at radius 3 is 2.66 bits per heavy atom. The Morgan fingerprint density at radius 2 is 1.91 bits per heavy atom. The van der Waals surface area contributed by atoms with Crippen LogP contribution in [0.5, 0.6) is 0 Å². The number of aromatic nitrogens is 3. The molecule has 166 valence electrons. The van der Waals surface area contributed by atoms with Gasteiger partial charge in [-0.25, -0.2) is 15.0 Å². The molecule has 9 nitrogen and oxygen atoms in total. The molecule has 0 atom stereocenters. The molecule has 0 aliphatic carbocycles. The van der Waals surface area contributed by atoms with Gasteiger partial charge in [-0.3, -0.25) is 9.59 Å². The van der Waals surface area contributed by atoms with Crippen LogP contribution in [0.2, 0.25) is 0 Å². The summed E-state index contributed by atoms with van der Waals surface area (Å²) < 4.78 is 0. The standard InChI is InChI=1S/C22H24N6O3S/c1-15-7-8-23-19(13-15)26-18-4-2-3-16(25-18)17-14-24-22(32-17)28-11-9-27(10-12-28)20(29)5-6-21(30)31/h2-4,7-8,13-14H,5-6,9-12H2,1H3,(H,30,31)(H,23,25,26). The van der Waals surface area contributed by atoms with Gasteiger partial charge in [0.25, 0.3) is 0 Å². The van der Waals surface area contributed by atoms with E-state index in [-0.39, 0.29) is 18.7 Å². The molecule has 1 aliphatic heterocycles. The number of aryl methyl sites for hydroxylation is 1. The molecule has 0 spiro atoms. The Hall–Kier alpha value is -3.53. The van der Waals surface area contributed by atoms with Crippen LogP contribution in [0, 0.1) is 6.92 Å². The van der Waals surface area contributed by atoms with Crippen LogP contribution in [0.3, 0.4) is 0 Å². The van der Waals surface area contributed by atoms with Crippen LogP contribution in [-0.2, 0) is 9.59 Å². The summed E-state index contributed by atoms with van der Waals surface area (Å²) in [6.07, 6.45) is 3.50. The van der Waals surface area contributed by atoms with Crippen molar-refractivity contribution >= 4 is 40.0 Å². The lowest BCUT2D eigenvalue weighted by Gasteiger charge is -2.34. The van der Waals surface area contributed by atoms with Crippen LogP contribution < -0.4 is 10.2 Å². The summed E-state index contributed by atoms with van der Waals surface area (Å²) in [5, 5.41) is 12.9. The maximum absolute atomic E-state index is 12.1.